The summed E-state index contributed by atoms with van der Waals surface area (Å²) >= 11 is 0. The lowest BCUT2D eigenvalue weighted by atomic mass is 10.1. The minimum atomic E-state index is -0.000153. The predicted octanol–water partition coefficient (Wildman–Crippen LogP) is 2.87. The number of para-hydroxylation sites is 1. The molecule has 0 saturated carbocycles. The molecule has 1 aliphatic rings. The van der Waals surface area contributed by atoms with Gasteiger partial charge in [-0.3, -0.25) is 9.36 Å². The van der Waals surface area contributed by atoms with Crippen molar-refractivity contribution in [2.24, 2.45) is 0 Å². The van der Waals surface area contributed by atoms with E-state index in [2.05, 4.69) is 5.10 Å². The van der Waals surface area contributed by atoms with Gasteiger partial charge in [-0.25, -0.2) is 4.68 Å². The number of hydrogen-bond acceptors (Lipinski definition) is 3. The molecule has 0 radical (unpaired) electrons. The molecule has 1 aromatic carbocycles. The Bertz CT molecular complexity index is 873. The van der Waals surface area contributed by atoms with E-state index in [1.54, 1.807) is 11.5 Å². The van der Waals surface area contributed by atoms with E-state index in [1.165, 1.54) is 0 Å². The molecule has 3 aromatic rings. The summed E-state index contributed by atoms with van der Waals surface area (Å²) < 4.78 is 9.31. The van der Waals surface area contributed by atoms with E-state index in [0.29, 0.717) is 6.61 Å². The van der Waals surface area contributed by atoms with Crippen LogP contribution in [0.15, 0.2) is 30.5 Å². The van der Waals surface area contributed by atoms with Gasteiger partial charge in [-0.2, -0.15) is 5.10 Å². The molecule has 0 amide bonds. The Morgan fingerprint density at radius 2 is 2.14 bits per heavy atom. The van der Waals surface area contributed by atoms with Crippen LogP contribution in [0.25, 0.3) is 22.0 Å². The van der Waals surface area contributed by atoms with Gasteiger partial charge < -0.3 is 4.74 Å². The summed E-state index contributed by atoms with van der Waals surface area (Å²) in [5, 5.41) is 5.57. The first-order valence-electron chi connectivity index (χ1n) is 6.98. The van der Waals surface area contributed by atoms with Crippen molar-refractivity contribution < 1.29 is 9.53 Å². The van der Waals surface area contributed by atoms with Crippen LogP contribution in [0, 0.1) is 6.92 Å². The number of nitrogens with zero attached hydrogens (tertiary/aromatic N) is 3. The number of aromatic nitrogens is 3. The molecule has 2 aromatic heterocycles. The second-order valence-corrected chi connectivity index (χ2v) is 5.29. The van der Waals surface area contributed by atoms with Gasteiger partial charge in [-0.15, -0.1) is 0 Å². The van der Waals surface area contributed by atoms with Crippen molar-refractivity contribution in [2.45, 2.75) is 20.4 Å². The van der Waals surface area contributed by atoms with Crippen LogP contribution in [0.4, 0.5) is 0 Å². The number of fused-ring (bicyclic) bond motifs is 2. The Balaban J connectivity index is 2.06. The topological polar surface area (TPSA) is 49.0 Å². The zero-order valence-corrected chi connectivity index (χ0v) is 12.0. The number of rotatable bonds is 1. The number of ether oxygens (including phenoxy) is 1. The van der Waals surface area contributed by atoms with Crippen LogP contribution in [-0.4, -0.2) is 26.9 Å². The number of benzene rings is 1. The van der Waals surface area contributed by atoms with Crippen molar-refractivity contribution in [3.63, 3.8) is 0 Å². The van der Waals surface area contributed by atoms with Gasteiger partial charge >= 0.3 is 0 Å². The zero-order valence-electron chi connectivity index (χ0n) is 12.0. The van der Waals surface area contributed by atoms with E-state index in [-0.39, 0.29) is 5.91 Å². The highest BCUT2D eigenvalue weighted by Gasteiger charge is 2.25. The molecule has 5 nitrogen and oxygen atoms in total. The average molecular weight is 281 g/mol. The molecule has 21 heavy (non-hydrogen) atoms. The monoisotopic (exact) mass is 281 g/mol. The minimum Gasteiger partial charge on any atom is -0.475 e. The van der Waals surface area contributed by atoms with Crippen molar-refractivity contribution in [3.05, 3.63) is 36.2 Å². The first-order valence-corrected chi connectivity index (χ1v) is 6.98. The average Bonchev–Trinajstić information content (AvgIpc) is 3.11. The molecule has 0 N–H and O–H groups in total. The normalized spacial score (nSPS) is 13.4. The Hall–Kier alpha value is -2.56. The first-order chi connectivity index (χ1) is 10.2. The summed E-state index contributed by atoms with van der Waals surface area (Å²) in [6.07, 6.45) is 1.89. The molecule has 0 bridgehead atoms. The van der Waals surface area contributed by atoms with Crippen molar-refractivity contribution in [3.8, 4) is 17.0 Å². The van der Waals surface area contributed by atoms with Gasteiger partial charge in [0.2, 0.25) is 11.8 Å². The molecule has 4 rings (SSSR count). The van der Waals surface area contributed by atoms with E-state index in [4.69, 9.17) is 4.74 Å². The van der Waals surface area contributed by atoms with Crippen LogP contribution >= 0.6 is 0 Å². The lowest BCUT2D eigenvalue weighted by molar-refractivity contribution is 0.0941. The first kappa shape index (κ1) is 12.2. The van der Waals surface area contributed by atoms with Gasteiger partial charge in [-0.1, -0.05) is 18.2 Å². The zero-order chi connectivity index (χ0) is 14.6. The third kappa shape index (κ3) is 1.63. The smallest absolute Gasteiger partial charge is 0.227 e. The second kappa shape index (κ2) is 4.22. The fourth-order valence-corrected chi connectivity index (χ4v) is 3.04. The Labute approximate surface area is 121 Å². The van der Waals surface area contributed by atoms with Crippen LogP contribution in [0.3, 0.4) is 0 Å². The van der Waals surface area contributed by atoms with Gasteiger partial charge in [0.15, 0.2) is 0 Å². The highest BCUT2D eigenvalue weighted by atomic mass is 16.5. The van der Waals surface area contributed by atoms with Gasteiger partial charge in [-0.05, 0) is 13.0 Å². The van der Waals surface area contributed by atoms with Crippen molar-refractivity contribution in [1.29, 1.82) is 0 Å². The molecule has 0 aliphatic carbocycles. The maximum Gasteiger partial charge on any atom is 0.227 e. The van der Waals surface area contributed by atoms with Gasteiger partial charge in [0.25, 0.3) is 0 Å². The van der Waals surface area contributed by atoms with Crippen LogP contribution in [0.2, 0.25) is 0 Å². The molecule has 1 aliphatic heterocycles. The van der Waals surface area contributed by atoms with Crippen molar-refractivity contribution in [1.82, 2.24) is 14.3 Å². The van der Waals surface area contributed by atoms with Crippen molar-refractivity contribution in [2.75, 3.05) is 6.61 Å². The molecule has 0 spiro atoms. The largest absolute Gasteiger partial charge is 0.475 e. The fraction of sp³-hybridized carbons (Fsp3) is 0.250. The van der Waals surface area contributed by atoms with E-state index in [1.807, 2.05) is 42.1 Å². The standard InChI is InChI=1S/C16H15N3O2/c1-10-15(16-19(17-10)7-8-21-16)13-9-18(11(2)20)14-6-4-3-5-12(13)14/h3-6,9H,7-8H2,1-2H3. The maximum absolute atomic E-state index is 11.9. The molecule has 0 saturated heterocycles. The molecule has 0 atom stereocenters. The molecule has 5 heteroatoms. The van der Waals surface area contributed by atoms with E-state index in [9.17, 15) is 4.79 Å². The summed E-state index contributed by atoms with van der Waals surface area (Å²) in [4.78, 5) is 11.9. The predicted molar refractivity (Wildman–Crippen MR) is 79.7 cm³/mol. The fourth-order valence-electron chi connectivity index (χ4n) is 3.04. The summed E-state index contributed by atoms with van der Waals surface area (Å²) in [5.41, 5.74) is 3.83. The summed E-state index contributed by atoms with van der Waals surface area (Å²) in [6, 6.07) is 7.91. The number of carbonyl (C=O) groups is 1. The lowest BCUT2D eigenvalue weighted by Gasteiger charge is -2.01. The van der Waals surface area contributed by atoms with Crippen molar-refractivity contribution >= 4 is 16.8 Å². The minimum absolute atomic E-state index is 0.000153. The summed E-state index contributed by atoms with van der Waals surface area (Å²) in [7, 11) is 0. The third-order valence-electron chi connectivity index (χ3n) is 3.94. The molecular formula is C16H15N3O2. The van der Waals surface area contributed by atoms with Crippen LogP contribution in [-0.2, 0) is 6.54 Å². The quantitative estimate of drug-likeness (QED) is 0.689. The van der Waals surface area contributed by atoms with Gasteiger partial charge in [0.1, 0.15) is 6.61 Å². The molecule has 3 heterocycles. The van der Waals surface area contributed by atoms with Gasteiger partial charge in [0, 0.05) is 24.1 Å². The number of carbonyl (C=O) groups excluding carboxylic acids is 1. The van der Waals surface area contributed by atoms with Crippen LogP contribution < -0.4 is 4.74 Å². The lowest BCUT2D eigenvalue weighted by Crippen LogP contribution is -2.02. The van der Waals surface area contributed by atoms with E-state index in [0.717, 1.165) is 40.1 Å². The van der Waals surface area contributed by atoms with E-state index < -0.39 is 0 Å². The highest BCUT2D eigenvalue weighted by Crippen LogP contribution is 2.40. The Kier molecular flexibility index (Phi) is 2.45. The molecule has 106 valence electrons. The number of hydrogen-bond donors (Lipinski definition) is 0. The molecule has 0 unspecified atom stereocenters. The molecular weight excluding hydrogens is 266 g/mol. The molecule has 0 fully saturated rings. The van der Waals surface area contributed by atoms with Gasteiger partial charge in [0.05, 0.1) is 23.3 Å². The van der Waals surface area contributed by atoms with Crippen LogP contribution in [0.5, 0.6) is 5.88 Å². The maximum atomic E-state index is 11.9. The third-order valence-corrected chi connectivity index (χ3v) is 3.94. The van der Waals surface area contributed by atoms with E-state index >= 15 is 0 Å². The second-order valence-electron chi connectivity index (χ2n) is 5.29. The van der Waals surface area contributed by atoms with Crippen LogP contribution in [0.1, 0.15) is 17.4 Å². The Morgan fingerprint density at radius 3 is 2.95 bits per heavy atom. The summed E-state index contributed by atoms with van der Waals surface area (Å²) in [6.45, 7) is 4.98. The highest BCUT2D eigenvalue weighted by molar-refractivity contribution is 6.02. The summed E-state index contributed by atoms with van der Waals surface area (Å²) in [5.74, 6) is 0.804. The SMILES string of the molecule is CC(=O)n1cc(-c2c(C)nn3c2OCC3)c2ccccc21. The number of aryl methyl sites for hydroxylation is 1. The Morgan fingerprint density at radius 1 is 1.33 bits per heavy atom.